The summed E-state index contributed by atoms with van der Waals surface area (Å²) in [6.07, 6.45) is 3.36. The largest absolute Gasteiger partial charge is 0.469 e. The number of esters is 1. The molecule has 1 aromatic heterocycles. The second-order valence-electron chi connectivity index (χ2n) is 7.97. The Morgan fingerprint density at radius 2 is 2.12 bits per heavy atom. The summed E-state index contributed by atoms with van der Waals surface area (Å²) in [6.45, 7) is 6.02. The minimum Gasteiger partial charge on any atom is -0.469 e. The summed E-state index contributed by atoms with van der Waals surface area (Å²) in [4.78, 5) is 17.6. The molecule has 1 saturated carbocycles. The molecule has 1 aliphatic rings. The molecule has 3 N–H and O–H groups in total. The molecule has 0 saturated heterocycles. The molecule has 1 heterocycles. The van der Waals surface area contributed by atoms with E-state index in [9.17, 15) is 9.90 Å². The van der Waals surface area contributed by atoms with E-state index in [0.717, 1.165) is 16.0 Å². The van der Waals surface area contributed by atoms with Crippen LogP contribution >= 0.6 is 11.3 Å². The summed E-state index contributed by atoms with van der Waals surface area (Å²) in [6, 6.07) is 5.91. The number of hydrogen-bond acceptors (Lipinski definition) is 6. The van der Waals surface area contributed by atoms with E-state index in [1.165, 1.54) is 18.4 Å². The number of thiazole rings is 1. The standard InChI is InChI=1S/C20H26N2O3S/c1-12-7-13(9-14(21)8-12)16-10-22-18(26-16)20(24)6-5-15(17(23)25-4)19(2,3)11-20/h7-10,15,24H,5-6,11,21H2,1-4H3/t15-,20-/m1/s1. The van der Waals surface area contributed by atoms with Crippen LogP contribution in [-0.4, -0.2) is 23.2 Å². The molecule has 1 fully saturated rings. The molecule has 1 aromatic carbocycles. The van der Waals surface area contributed by atoms with Gasteiger partial charge in [-0.1, -0.05) is 19.9 Å². The lowest BCUT2D eigenvalue weighted by molar-refractivity contribution is -0.157. The molecule has 0 radical (unpaired) electrons. The number of hydrogen-bond donors (Lipinski definition) is 2. The highest BCUT2D eigenvalue weighted by Crippen LogP contribution is 2.51. The Bertz CT molecular complexity index is 810. The normalized spacial score (nSPS) is 25.0. The van der Waals surface area contributed by atoms with Crippen LogP contribution < -0.4 is 5.73 Å². The molecular weight excluding hydrogens is 348 g/mol. The predicted octanol–water partition coefficient (Wildman–Crippen LogP) is 3.89. The number of nitrogen functional groups attached to an aromatic ring is 1. The molecule has 1 aliphatic carbocycles. The zero-order valence-electron chi connectivity index (χ0n) is 15.7. The van der Waals surface area contributed by atoms with E-state index in [1.54, 1.807) is 6.20 Å². The zero-order chi connectivity index (χ0) is 19.1. The van der Waals surface area contributed by atoms with Crippen molar-refractivity contribution in [1.29, 1.82) is 0 Å². The summed E-state index contributed by atoms with van der Waals surface area (Å²) < 4.78 is 4.94. The third kappa shape index (κ3) is 3.48. The van der Waals surface area contributed by atoms with Crippen molar-refractivity contribution in [1.82, 2.24) is 4.98 Å². The van der Waals surface area contributed by atoms with E-state index in [-0.39, 0.29) is 17.3 Å². The van der Waals surface area contributed by atoms with Crippen molar-refractivity contribution in [2.75, 3.05) is 12.8 Å². The summed E-state index contributed by atoms with van der Waals surface area (Å²) in [5.41, 5.74) is 7.39. The fourth-order valence-electron chi connectivity index (χ4n) is 4.08. The molecule has 2 atom stereocenters. The lowest BCUT2D eigenvalue weighted by Crippen LogP contribution is -2.45. The van der Waals surface area contributed by atoms with Crippen molar-refractivity contribution < 1.29 is 14.6 Å². The third-order valence-electron chi connectivity index (χ3n) is 5.31. The van der Waals surface area contributed by atoms with Gasteiger partial charge in [-0.3, -0.25) is 4.79 Å². The molecule has 2 aromatic rings. The van der Waals surface area contributed by atoms with Gasteiger partial charge in [-0.2, -0.15) is 0 Å². The molecule has 0 unspecified atom stereocenters. The van der Waals surface area contributed by atoms with Crippen LogP contribution in [0.2, 0.25) is 0 Å². The Labute approximate surface area is 158 Å². The Morgan fingerprint density at radius 1 is 1.38 bits per heavy atom. The fraction of sp³-hybridized carbons (Fsp3) is 0.500. The highest BCUT2D eigenvalue weighted by molar-refractivity contribution is 7.15. The van der Waals surface area contributed by atoms with Crippen molar-refractivity contribution in [3.63, 3.8) is 0 Å². The van der Waals surface area contributed by atoms with E-state index < -0.39 is 5.60 Å². The number of methoxy groups -OCH3 is 1. The van der Waals surface area contributed by atoms with Gasteiger partial charge in [-0.05, 0) is 54.9 Å². The van der Waals surface area contributed by atoms with Gasteiger partial charge in [-0.15, -0.1) is 11.3 Å². The molecule has 6 heteroatoms. The summed E-state index contributed by atoms with van der Waals surface area (Å²) in [5.74, 6) is -0.407. The minimum absolute atomic E-state index is 0.202. The average molecular weight is 375 g/mol. The van der Waals surface area contributed by atoms with Crippen LogP contribution in [0, 0.1) is 18.3 Å². The summed E-state index contributed by atoms with van der Waals surface area (Å²) in [5, 5.41) is 12.0. The topological polar surface area (TPSA) is 85.4 Å². The Kier molecular flexibility index (Phi) is 4.84. The lowest BCUT2D eigenvalue weighted by atomic mass is 9.63. The van der Waals surface area contributed by atoms with E-state index in [0.29, 0.717) is 30.0 Å². The zero-order valence-corrected chi connectivity index (χ0v) is 16.5. The van der Waals surface area contributed by atoms with Crippen LogP contribution in [0.5, 0.6) is 0 Å². The molecule has 0 bridgehead atoms. The number of nitrogens with zero attached hydrogens (tertiary/aromatic N) is 1. The first-order valence-corrected chi connectivity index (χ1v) is 9.60. The first-order chi connectivity index (χ1) is 12.1. The van der Waals surface area contributed by atoms with E-state index >= 15 is 0 Å². The quantitative estimate of drug-likeness (QED) is 0.629. The average Bonchev–Trinajstić information content (AvgIpc) is 3.03. The number of aromatic nitrogens is 1. The van der Waals surface area contributed by atoms with Crippen LogP contribution in [0.15, 0.2) is 24.4 Å². The van der Waals surface area contributed by atoms with Crippen LogP contribution in [0.25, 0.3) is 10.4 Å². The second-order valence-corrected chi connectivity index (χ2v) is 9.00. The van der Waals surface area contributed by atoms with Crippen LogP contribution in [0.4, 0.5) is 5.69 Å². The number of carbonyl (C=O) groups is 1. The highest BCUT2D eigenvalue weighted by atomic mass is 32.1. The molecule has 0 aliphatic heterocycles. The molecule has 3 rings (SSSR count). The maximum atomic E-state index is 12.1. The number of benzene rings is 1. The SMILES string of the molecule is COC(=O)[C@H]1CC[C@](O)(c2ncc(-c3cc(C)cc(N)c3)s2)CC1(C)C. The number of aliphatic hydroxyl groups is 1. The Hall–Kier alpha value is -1.92. The monoisotopic (exact) mass is 374 g/mol. The van der Waals surface area contributed by atoms with Crippen molar-refractivity contribution in [3.8, 4) is 10.4 Å². The van der Waals surface area contributed by atoms with Gasteiger partial charge in [0.25, 0.3) is 0 Å². The third-order valence-corrected chi connectivity index (χ3v) is 6.55. The van der Waals surface area contributed by atoms with Crippen LogP contribution in [0.1, 0.15) is 43.7 Å². The van der Waals surface area contributed by atoms with E-state index in [2.05, 4.69) is 11.1 Å². The van der Waals surface area contributed by atoms with Gasteiger partial charge in [0.15, 0.2) is 0 Å². The Morgan fingerprint density at radius 3 is 2.73 bits per heavy atom. The second kappa shape index (κ2) is 6.67. The van der Waals surface area contributed by atoms with Gasteiger partial charge in [0, 0.05) is 11.9 Å². The predicted molar refractivity (Wildman–Crippen MR) is 104 cm³/mol. The maximum Gasteiger partial charge on any atom is 0.309 e. The van der Waals surface area contributed by atoms with Crippen molar-refractivity contribution in [2.45, 2.75) is 45.6 Å². The van der Waals surface area contributed by atoms with Gasteiger partial charge in [-0.25, -0.2) is 4.98 Å². The number of ether oxygens (including phenoxy) is 1. The fourth-order valence-corrected chi connectivity index (χ4v) is 5.10. The van der Waals surface area contributed by atoms with Gasteiger partial charge >= 0.3 is 5.97 Å². The molecule has 26 heavy (non-hydrogen) atoms. The lowest BCUT2D eigenvalue weighted by Gasteiger charge is -2.44. The highest BCUT2D eigenvalue weighted by Gasteiger charge is 2.49. The van der Waals surface area contributed by atoms with Crippen LogP contribution in [0.3, 0.4) is 0 Å². The first-order valence-electron chi connectivity index (χ1n) is 8.79. The molecule has 0 amide bonds. The molecule has 5 nitrogen and oxygen atoms in total. The number of aryl methyl sites for hydroxylation is 1. The Balaban J connectivity index is 1.88. The number of carbonyl (C=O) groups excluding carboxylic acids is 1. The minimum atomic E-state index is -1.02. The van der Waals surface area contributed by atoms with Crippen molar-refractivity contribution in [3.05, 3.63) is 35.0 Å². The maximum absolute atomic E-state index is 12.1. The first kappa shape index (κ1) is 18.9. The van der Waals surface area contributed by atoms with Gasteiger partial charge < -0.3 is 15.6 Å². The van der Waals surface area contributed by atoms with E-state index in [4.69, 9.17) is 10.5 Å². The van der Waals surface area contributed by atoms with Gasteiger partial charge in [0.05, 0.1) is 17.9 Å². The van der Waals surface area contributed by atoms with Gasteiger partial charge in [0.2, 0.25) is 0 Å². The molecule has 0 spiro atoms. The number of nitrogens with two attached hydrogens (primary N) is 1. The number of rotatable bonds is 3. The summed E-state index contributed by atoms with van der Waals surface area (Å²) in [7, 11) is 1.42. The van der Waals surface area contributed by atoms with Gasteiger partial charge in [0.1, 0.15) is 10.6 Å². The molecule has 140 valence electrons. The van der Waals surface area contributed by atoms with Crippen LogP contribution in [-0.2, 0) is 15.1 Å². The molecular formula is C20H26N2O3S. The smallest absolute Gasteiger partial charge is 0.309 e. The van der Waals surface area contributed by atoms with Crippen molar-refractivity contribution in [2.24, 2.45) is 11.3 Å². The number of anilines is 1. The summed E-state index contributed by atoms with van der Waals surface area (Å²) >= 11 is 1.49. The van der Waals surface area contributed by atoms with E-state index in [1.807, 2.05) is 32.9 Å². The van der Waals surface area contributed by atoms with Crippen molar-refractivity contribution >= 4 is 23.0 Å².